The van der Waals surface area contributed by atoms with Gasteiger partial charge in [-0.25, -0.2) is 0 Å². The van der Waals surface area contributed by atoms with Crippen LogP contribution in [0.5, 0.6) is 0 Å². The van der Waals surface area contributed by atoms with Crippen molar-refractivity contribution in [1.29, 1.82) is 0 Å². The lowest BCUT2D eigenvalue weighted by Crippen LogP contribution is -2.46. The Morgan fingerprint density at radius 1 is 1.21 bits per heavy atom. The van der Waals surface area contributed by atoms with Crippen LogP contribution in [0.2, 0.25) is 0 Å². The molecule has 1 aliphatic carbocycles. The zero-order valence-electron chi connectivity index (χ0n) is 15.1. The second kappa shape index (κ2) is 9.38. The van der Waals surface area contributed by atoms with Crippen molar-refractivity contribution in [2.75, 3.05) is 26.7 Å². The summed E-state index contributed by atoms with van der Waals surface area (Å²) in [6.45, 7) is 9.23. The molecule has 3 N–H and O–H groups in total. The monoisotopic (exact) mass is 508 g/mol. The Balaban J connectivity index is 0.00000288. The average Bonchev–Trinajstić information content (AvgIpc) is 3.27. The van der Waals surface area contributed by atoms with Crippen molar-refractivity contribution in [3.8, 4) is 0 Å². The molecule has 1 saturated carbocycles. The first-order valence-electron chi connectivity index (χ1n) is 8.30. The maximum Gasteiger partial charge on any atom is 0.191 e. The van der Waals surface area contributed by atoms with Gasteiger partial charge in [0.1, 0.15) is 0 Å². The third-order valence-corrected chi connectivity index (χ3v) is 4.67. The summed E-state index contributed by atoms with van der Waals surface area (Å²) >= 11 is 3.57. The Morgan fingerprint density at radius 3 is 2.46 bits per heavy atom. The number of aliphatic imine (C=N–C) groups is 1. The molecule has 0 atom stereocenters. The fraction of sp³-hybridized carbons (Fsp3) is 0.611. The molecule has 4 nitrogen and oxygen atoms in total. The Labute approximate surface area is 171 Å². The highest BCUT2D eigenvalue weighted by atomic mass is 127. The molecule has 2 rings (SSSR count). The highest BCUT2D eigenvalue weighted by Gasteiger charge is 2.44. The normalized spacial score (nSPS) is 16.3. The Hall–Kier alpha value is -0.340. The smallest absolute Gasteiger partial charge is 0.191 e. The minimum absolute atomic E-state index is 0. The number of nitrogens with zero attached hydrogens (tertiary/aromatic N) is 1. The van der Waals surface area contributed by atoms with Gasteiger partial charge in [0.15, 0.2) is 5.96 Å². The van der Waals surface area contributed by atoms with Crippen LogP contribution in [0.3, 0.4) is 0 Å². The number of nitrogens with one attached hydrogen (secondary N) is 3. The van der Waals surface area contributed by atoms with Gasteiger partial charge in [-0.15, -0.1) is 24.0 Å². The van der Waals surface area contributed by atoms with Crippen molar-refractivity contribution < 1.29 is 0 Å². The van der Waals surface area contributed by atoms with Crippen LogP contribution >= 0.6 is 39.9 Å². The summed E-state index contributed by atoms with van der Waals surface area (Å²) in [7, 11) is 1.82. The van der Waals surface area contributed by atoms with Crippen LogP contribution in [0.1, 0.15) is 39.2 Å². The molecule has 0 aromatic heterocycles. The van der Waals surface area contributed by atoms with Crippen LogP contribution in [-0.2, 0) is 5.41 Å². The minimum Gasteiger partial charge on any atom is -0.356 e. The van der Waals surface area contributed by atoms with E-state index in [0.29, 0.717) is 0 Å². The standard InChI is InChI=1S/C18H29BrN4.HI/c1-17(2,3)23-11-10-21-16(20-4)22-13-18(8-9-18)14-6-5-7-15(19)12-14;/h5-7,12,23H,8-11,13H2,1-4H3,(H2,20,21,22);1H. The van der Waals surface area contributed by atoms with E-state index in [1.165, 1.54) is 18.4 Å². The number of rotatable bonds is 6. The first-order valence-corrected chi connectivity index (χ1v) is 9.10. The molecule has 0 aliphatic heterocycles. The van der Waals surface area contributed by atoms with E-state index < -0.39 is 0 Å². The van der Waals surface area contributed by atoms with Gasteiger partial charge in [-0.2, -0.15) is 0 Å². The van der Waals surface area contributed by atoms with Gasteiger partial charge in [0.05, 0.1) is 0 Å². The molecule has 0 unspecified atom stereocenters. The van der Waals surface area contributed by atoms with Gasteiger partial charge in [0.25, 0.3) is 0 Å². The molecular weight excluding hydrogens is 479 g/mol. The lowest BCUT2D eigenvalue weighted by molar-refractivity contribution is 0.428. The number of halogens is 2. The molecule has 1 aromatic carbocycles. The second-order valence-electron chi connectivity index (χ2n) is 7.32. The molecule has 6 heteroatoms. The van der Waals surface area contributed by atoms with E-state index in [2.05, 4.69) is 81.9 Å². The molecule has 1 fully saturated rings. The molecule has 0 saturated heterocycles. The summed E-state index contributed by atoms with van der Waals surface area (Å²) in [6, 6.07) is 8.65. The van der Waals surface area contributed by atoms with E-state index in [-0.39, 0.29) is 34.9 Å². The highest BCUT2D eigenvalue weighted by molar-refractivity contribution is 14.0. The fourth-order valence-corrected chi connectivity index (χ4v) is 3.03. The molecule has 0 bridgehead atoms. The van der Waals surface area contributed by atoms with Gasteiger partial charge in [0.2, 0.25) is 0 Å². The van der Waals surface area contributed by atoms with Crippen LogP contribution < -0.4 is 16.0 Å². The Bertz CT molecular complexity index is 550. The van der Waals surface area contributed by atoms with Gasteiger partial charge >= 0.3 is 0 Å². The summed E-state index contributed by atoms with van der Waals surface area (Å²) in [5.41, 5.74) is 1.83. The van der Waals surface area contributed by atoms with E-state index in [1.54, 1.807) is 0 Å². The molecule has 0 amide bonds. The first-order chi connectivity index (χ1) is 10.8. The SMILES string of the molecule is CN=C(NCCNC(C)(C)C)NCC1(c2cccc(Br)c2)CC1.I. The van der Waals surface area contributed by atoms with Gasteiger partial charge in [0, 0.05) is 42.1 Å². The van der Waals surface area contributed by atoms with Crippen LogP contribution in [-0.4, -0.2) is 38.2 Å². The van der Waals surface area contributed by atoms with E-state index in [9.17, 15) is 0 Å². The minimum atomic E-state index is 0. The van der Waals surface area contributed by atoms with Crippen LogP contribution in [0.15, 0.2) is 33.7 Å². The van der Waals surface area contributed by atoms with E-state index in [1.807, 2.05) is 7.05 Å². The summed E-state index contributed by atoms with van der Waals surface area (Å²) < 4.78 is 1.15. The number of benzene rings is 1. The average molecular weight is 509 g/mol. The summed E-state index contributed by atoms with van der Waals surface area (Å²) in [4.78, 5) is 4.32. The van der Waals surface area contributed by atoms with E-state index in [4.69, 9.17) is 0 Å². The van der Waals surface area contributed by atoms with Crippen molar-refractivity contribution in [1.82, 2.24) is 16.0 Å². The summed E-state index contributed by atoms with van der Waals surface area (Å²) in [5, 5.41) is 10.3. The third kappa shape index (κ3) is 6.88. The first kappa shape index (κ1) is 21.7. The fourth-order valence-electron chi connectivity index (χ4n) is 2.63. The maximum atomic E-state index is 4.32. The topological polar surface area (TPSA) is 48.5 Å². The predicted molar refractivity (Wildman–Crippen MR) is 118 cm³/mol. The van der Waals surface area contributed by atoms with Crippen molar-refractivity contribution in [3.05, 3.63) is 34.3 Å². The summed E-state index contributed by atoms with van der Waals surface area (Å²) in [6.07, 6.45) is 2.47. The van der Waals surface area contributed by atoms with Gasteiger partial charge in [-0.1, -0.05) is 28.1 Å². The zero-order chi connectivity index (χ0) is 16.9. The highest BCUT2D eigenvalue weighted by Crippen LogP contribution is 2.48. The van der Waals surface area contributed by atoms with Crippen molar-refractivity contribution in [2.24, 2.45) is 4.99 Å². The molecule has 1 aromatic rings. The third-order valence-electron chi connectivity index (χ3n) is 4.18. The quantitative estimate of drug-likeness (QED) is 0.238. The van der Waals surface area contributed by atoms with Crippen molar-refractivity contribution in [3.63, 3.8) is 0 Å². The van der Waals surface area contributed by atoms with E-state index in [0.717, 1.165) is 30.1 Å². The molecular formula is C18H30BrIN4. The van der Waals surface area contributed by atoms with Crippen LogP contribution in [0.25, 0.3) is 0 Å². The Morgan fingerprint density at radius 2 is 1.92 bits per heavy atom. The molecule has 24 heavy (non-hydrogen) atoms. The Kier molecular flexibility index (Phi) is 8.48. The lowest BCUT2D eigenvalue weighted by atomic mass is 9.96. The van der Waals surface area contributed by atoms with Crippen LogP contribution in [0, 0.1) is 0 Å². The van der Waals surface area contributed by atoms with Gasteiger partial charge in [-0.05, 0) is 51.3 Å². The second-order valence-corrected chi connectivity index (χ2v) is 8.24. The molecule has 136 valence electrons. The number of hydrogen-bond acceptors (Lipinski definition) is 2. The van der Waals surface area contributed by atoms with Crippen molar-refractivity contribution in [2.45, 2.75) is 44.6 Å². The van der Waals surface area contributed by atoms with Crippen molar-refractivity contribution >= 4 is 45.9 Å². The largest absolute Gasteiger partial charge is 0.356 e. The van der Waals surface area contributed by atoms with Gasteiger partial charge in [-0.3, -0.25) is 4.99 Å². The lowest BCUT2D eigenvalue weighted by Gasteiger charge is -2.22. The number of hydrogen-bond donors (Lipinski definition) is 3. The van der Waals surface area contributed by atoms with E-state index >= 15 is 0 Å². The molecule has 0 radical (unpaired) electrons. The number of guanidine groups is 1. The van der Waals surface area contributed by atoms with Crippen LogP contribution in [0.4, 0.5) is 0 Å². The molecule has 0 heterocycles. The molecule has 0 spiro atoms. The summed E-state index contributed by atoms with van der Waals surface area (Å²) in [5.74, 6) is 0.877. The van der Waals surface area contributed by atoms with Gasteiger partial charge < -0.3 is 16.0 Å². The zero-order valence-corrected chi connectivity index (χ0v) is 19.0. The molecule has 1 aliphatic rings. The maximum absolute atomic E-state index is 4.32. The predicted octanol–water partition coefficient (Wildman–Crippen LogP) is 3.65.